The van der Waals surface area contributed by atoms with E-state index in [1.807, 2.05) is 13.8 Å². The minimum absolute atomic E-state index is 0.0586. The molecule has 126 valence electrons. The van der Waals surface area contributed by atoms with Crippen LogP contribution in [0.1, 0.15) is 87.5 Å². The molecule has 0 atom stereocenters. The fraction of sp³-hybridized carbons (Fsp3) is 0.944. The number of unbranched alkanes of at least 4 members (excludes halogenated alkanes) is 1. The minimum Gasteiger partial charge on any atom is -0.297 e. The van der Waals surface area contributed by atoms with Crippen molar-refractivity contribution in [2.45, 2.75) is 93.1 Å². The van der Waals surface area contributed by atoms with Gasteiger partial charge in [-0.2, -0.15) is 0 Å². The van der Waals surface area contributed by atoms with Crippen molar-refractivity contribution in [3.63, 3.8) is 0 Å². The molecule has 0 N–H and O–H groups in total. The van der Waals surface area contributed by atoms with E-state index < -0.39 is 0 Å². The fourth-order valence-electron chi connectivity index (χ4n) is 2.61. The van der Waals surface area contributed by atoms with Gasteiger partial charge in [-0.25, -0.2) is 9.78 Å². The molecule has 21 heavy (non-hydrogen) atoms. The Hall–Kier alpha value is -0.410. The molecule has 3 nitrogen and oxygen atoms in total. The SMILES string of the molecule is CC(C)(C)CCCCC(=O)COOC(C)(C)CC(C)(C)C. The molecule has 0 heterocycles. The van der Waals surface area contributed by atoms with Gasteiger partial charge in [0.2, 0.25) is 0 Å². The van der Waals surface area contributed by atoms with Crippen LogP contribution in [-0.2, 0) is 14.6 Å². The van der Waals surface area contributed by atoms with Gasteiger partial charge in [0.05, 0.1) is 5.60 Å². The minimum atomic E-state index is -0.370. The molecule has 0 aliphatic rings. The monoisotopic (exact) mass is 300 g/mol. The number of carbonyl (C=O) groups excluding carboxylic acids is 1. The maximum atomic E-state index is 11.7. The summed E-state index contributed by atoms with van der Waals surface area (Å²) in [6.07, 6.45) is 4.63. The normalized spacial score (nSPS) is 13.5. The highest BCUT2D eigenvalue weighted by Crippen LogP contribution is 2.29. The van der Waals surface area contributed by atoms with Crippen LogP contribution in [0.5, 0.6) is 0 Å². The molecule has 0 aromatic carbocycles. The number of hydrogen-bond acceptors (Lipinski definition) is 3. The second kappa shape index (κ2) is 8.28. The van der Waals surface area contributed by atoms with Crippen LogP contribution in [0.3, 0.4) is 0 Å². The van der Waals surface area contributed by atoms with Crippen LogP contribution in [0.15, 0.2) is 0 Å². The van der Waals surface area contributed by atoms with Gasteiger partial charge in [0.15, 0.2) is 5.78 Å². The summed E-state index contributed by atoms with van der Waals surface area (Å²) >= 11 is 0. The molecule has 0 unspecified atom stereocenters. The van der Waals surface area contributed by atoms with Crippen LogP contribution in [0.2, 0.25) is 0 Å². The van der Waals surface area contributed by atoms with Gasteiger partial charge in [0, 0.05) is 6.42 Å². The Kier molecular flexibility index (Phi) is 8.12. The average Bonchev–Trinajstić information content (AvgIpc) is 2.19. The van der Waals surface area contributed by atoms with Crippen molar-refractivity contribution in [3.8, 4) is 0 Å². The lowest BCUT2D eigenvalue weighted by molar-refractivity contribution is -0.352. The molecule has 0 spiro atoms. The molecular formula is C18H36O3. The molecule has 0 saturated carbocycles. The number of hydrogen-bond donors (Lipinski definition) is 0. The van der Waals surface area contributed by atoms with Crippen LogP contribution in [0.4, 0.5) is 0 Å². The molecular weight excluding hydrogens is 264 g/mol. The zero-order valence-electron chi connectivity index (χ0n) is 15.5. The molecule has 0 radical (unpaired) electrons. The first-order valence-electron chi connectivity index (χ1n) is 8.13. The summed E-state index contributed by atoms with van der Waals surface area (Å²) < 4.78 is 0. The van der Waals surface area contributed by atoms with Gasteiger partial charge in [-0.1, -0.05) is 48.0 Å². The molecule has 0 aromatic rings. The zero-order chi connectivity index (χ0) is 16.7. The molecule has 0 aliphatic carbocycles. The summed E-state index contributed by atoms with van der Waals surface area (Å²) in [6.45, 7) is 17.2. The van der Waals surface area contributed by atoms with Crippen molar-refractivity contribution in [3.05, 3.63) is 0 Å². The Morgan fingerprint density at radius 3 is 1.90 bits per heavy atom. The number of Topliss-reactive ketones (excluding diaryl/α,β-unsaturated/α-hetero) is 1. The molecule has 0 aliphatic heterocycles. The number of carbonyl (C=O) groups is 1. The van der Waals surface area contributed by atoms with E-state index >= 15 is 0 Å². The Morgan fingerprint density at radius 2 is 1.43 bits per heavy atom. The summed E-state index contributed by atoms with van der Waals surface area (Å²) in [5.41, 5.74) is 0.147. The Balaban J connectivity index is 3.80. The van der Waals surface area contributed by atoms with E-state index in [0.29, 0.717) is 11.8 Å². The third-order valence-corrected chi connectivity index (χ3v) is 3.09. The Bertz CT molecular complexity index is 305. The predicted molar refractivity (Wildman–Crippen MR) is 88.1 cm³/mol. The van der Waals surface area contributed by atoms with Crippen molar-refractivity contribution >= 4 is 5.78 Å². The standard InChI is InChI=1S/C18H36O3/c1-16(2,3)12-10-9-11-15(19)13-20-21-18(7,8)14-17(4,5)6/h9-14H2,1-8H3. The van der Waals surface area contributed by atoms with E-state index in [-0.39, 0.29) is 23.4 Å². The molecule has 0 saturated heterocycles. The average molecular weight is 300 g/mol. The maximum Gasteiger partial charge on any atom is 0.161 e. The van der Waals surface area contributed by atoms with Crippen molar-refractivity contribution in [1.29, 1.82) is 0 Å². The topological polar surface area (TPSA) is 35.5 Å². The van der Waals surface area contributed by atoms with E-state index in [2.05, 4.69) is 41.5 Å². The van der Waals surface area contributed by atoms with Crippen molar-refractivity contribution < 1.29 is 14.6 Å². The lowest BCUT2D eigenvalue weighted by Crippen LogP contribution is -2.31. The van der Waals surface area contributed by atoms with Gasteiger partial charge in [-0.3, -0.25) is 4.79 Å². The van der Waals surface area contributed by atoms with Crippen LogP contribution in [0.25, 0.3) is 0 Å². The van der Waals surface area contributed by atoms with Crippen LogP contribution in [-0.4, -0.2) is 18.0 Å². The quantitative estimate of drug-likeness (QED) is 0.328. The molecule has 0 amide bonds. The van der Waals surface area contributed by atoms with E-state index in [1.165, 1.54) is 0 Å². The number of rotatable bonds is 9. The third kappa shape index (κ3) is 14.3. The van der Waals surface area contributed by atoms with Crippen LogP contribution >= 0.6 is 0 Å². The summed E-state index contributed by atoms with van der Waals surface area (Å²) in [7, 11) is 0. The lowest BCUT2D eigenvalue weighted by atomic mass is 9.84. The number of ketones is 1. The first-order valence-corrected chi connectivity index (χ1v) is 8.13. The van der Waals surface area contributed by atoms with Crippen molar-refractivity contribution in [2.75, 3.05) is 6.61 Å². The summed E-state index contributed by atoms with van der Waals surface area (Å²) in [6, 6.07) is 0. The maximum absolute atomic E-state index is 11.7. The third-order valence-electron chi connectivity index (χ3n) is 3.09. The second-order valence-electron chi connectivity index (χ2n) is 9.15. The molecule has 0 fully saturated rings. The first kappa shape index (κ1) is 20.6. The van der Waals surface area contributed by atoms with Gasteiger partial charge in [0.25, 0.3) is 0 Å². The van der Waals surface area contributed by atoms with E-state index in [1.54, 1.807) is 0 Å². The van der Waals surface area contributed by atoms with E-state index in [4.69, 9.17) is 9.78 Å². The van der Waals surface area contributed by atoms with Gasteiger partial charge in [-0.15, -0.1) is 0 Å². The van der Waals surface area contributed by atoms with Gasteiger partial charge in [-0.05, 0) is 43.9 Å². The summed E-state index contributed by atoms with van der Waals surface area (Å²) in [4.78, 5) is 22.3. The van der Waals surface area contributed by atoms with E-state index in [9.17, 15) is 4.79 Å². The van der Waals surface area contributed by atoms with Crippen molar-refractivity contribution in [2.24, 2.45) is 10.8 Å². The highest BCUT2D eigenvalue weighted by Gasteiger charge is 2.27. The smallest absolute Gasteiger partial charge is 0.161 e. The Morgan fingerprint density at radius 1 is 0.857 bits per heavy atom. The highest BCUT2D eigenvalue weighted by molar-refractivity contribution is 5.79. The fourth-order valence-corrected chi connectivity index (χ4v) is 2.61. The summed E-state index contributed by atoms with van der Waals surface area (Å²) in [5, 5.41) is 0. The van der Waals surface area contributed by atoms with Crippen LogP contribution in [0, 0.1) is 10.8 Å². The Labute approximate surface area is 131 Å². The largest absolute Gasteiger partial charge is 0.297 e. The summed E-state index contributed by atoms with van der Waals surface area (Å²) in [5.74, 6) is 0.121. The van der Waals surface area contributed by atoms with Gasteiger partial charge >= 0.3 is 0 Å². The second-order valence-corrected chi connectivity index (χ2v) is 9.15. The first-order chi connectivity index (χ1) is 9.31. The molecule has 0 aromatic heterocycles. The molecule has 3 heteroatoms. The zero-order valence-corrected chi connectivity index (χ0v) is 15.5. The van der Waals surface area contributed by atoms with Gasteiger partial charge < -0.3 is 0 Å². The molecule has 0 bridgehead atoms. The van der Waals surface area contributed by atoms with Gasteiger partial charge in [0.1, 0.15) is 6.61 Å². The van der Waals surface area contributed by atoms with Crippen molar-refractivity contribution in [1.82, 2.24) is 0 Å². The van der Waals surface area contributed by atoms with E-state index in [0.717, 1.165) is 25.7 Å². The van der Waals surface area contributed by atoms with Crippen LogP contribution < -0.4 is 0 Å². The lowest BCUT2D eigenvalue weighted by Gasteiger charge is -2.30. The molecule has 0 rings (SSSR count). The predicted octanol–water partition coefficient (Wildman–Crippen LogP) is 5.33. The highest BCUT2D eigenvalue weighted by atomic mass is 17.2.